The highest BCUT2D eigenvalue weighted by Gasteiger charge is 2.29. The highest BCUT2D eigenvalue weighted by Crippen LogP contribution is 2.37. The molecule has 0 atom stereocenters. The molecule has 3 heterocycles. The van der Waals surface area contributed by atoms with Gasteiger partial charge in [-0.15, -0.1) is 0 Å². The van der Waals surface area contributed by atoms with Crippen LogP contribution in [-0.4, -0.2) is 64.0 Å². The summed E-state index contributed by atoms with van der Waals surface area (Å²) in [4.78, 5) is 9.64. The van der Waals surface area contributed by atoms with Gasteiger partial charge in [0.05, 0.1) is 0 Å². The molecule has 1 N–H and O–H groups in total. The number of ether oxygens (including phenoxy) is 1. The van der Waals surface area contributed by atoms with Crippen molar-refractivity contribution < 1.29 is 9.94 Å². The quantitative estimate of drug-likeness (QED) is 0.857. The Labute approximate surface area is 173 Å². The SMILES string of the molecule is CC1CCC(N2COc3c(cc(CN4CCN(O)CC4)c4cccnc34)C2)CC1. The van der Waals surface area contributed by atoms with Crippen LogP contribution in [0.2, 0.25) is 0 Å². The summed E-state index contributed by atoms with van der Waals surface area (Å²) < 4.78 is 6.30. The van der Waals surface area contributed by atoms with Crippen molar-refractivity contribution in [2.75, 3.05) is 32.9 Å². The number of fused-ring (bicyclic) bond motifs is 3. The van der Waals surface area contributed by atoms with E-state index >= 15 is 0 Å². The van der Waals surface area contributed by atoms with Crippen LogP contribution in [0.25, 0.3) is 10.9 Å². The maximum atomic E-state index is 9.67. The second-order valence-corrected chi connectivity index (χ2v) is 9.09. The number of hydroxylamine groups is 2. The minimum atomic E-state index is 0.639. The van der Waals surface area contributed by atoms with Crippen LogP contribution in [0.4, 0.5) is 0 Å². The number of piperazine rings is 1. The van der Waals surface area contributed by atoms with E-state index in [0.29, 0.717) is 25.9 Å². The van der Waals surface area contributed by atoms with Gasteiger partial charge in [0, 0.05) is 62.5 Å². The van der Waals surface area contributed by atoms with Crippen LogP contribution in [0.5, 0.6) is 5.75 Å². The van der Waals surface area contributed by atoms with Crippen molar-refractivity contribution in [2.45, 2.75) is 51.7 Å². The molecular formula is C23H32N4O2. The molecule has 1 aromatic carbocycles. The summed E-state index contributed by atoms with van der Waals surface area (Å²) in [7, 11) is 0. The molecular weight excluding hydrogens is 364 g/mol. The Bertz CT molecular complexity index is 857. The average Bonchev–Trinajstić information content (AvgIpc) is 2.75. The monoisotopic (exact) mass is 396 g/mol. The van der Waals surface area contributed by atoms with Gasteiger partial charge in [0.15, 0.2) is 5.75 Å². The van der Waals surface area contributed by atoms with Gasteiger partial charge < -0.3 is 9.94 Å². The lowest BCUT2D eigenvalue weighted by atomic mass is 9.86. The van der Waals surface area contributed by atoms with E-state index in [0.717, 1.165) is 43.4 Å². The molecule has 1 saturated heterocycles. The third kappa shape index (κ3) is 3.99. The van der Waals surface area contributed by atoms with Crippen molar-refractivity contribution in [3.05, 3.63) is 35.5 Å². The summed E-state index contributed by atoms with van der Waals surface area (Å²) in [5.74, 6) is 1.84. The predicted octanol–water partition coefficient (Wildman–Crippen LogP) is 3.47. The Hall–Kier alpha value is -1.73. The standard InChI is InChI=1S/C23H32N4O2/c1-17-4-6-20(7-5-17)26-15-19-13-18(14-25-9-11-27(28)12-10-25)21-3-2-8-24-22(21)23(19)29-16-26/h2-3,8,13,17,20,28H,4-7,9-12,14-16H2,1H3. The average molecular weight is 397 g/mol. The highest BCUT2D eigenvalue weighted by molar-refractivity contribution is 5.89. The lowest BCUT2D eigenvalue weighted by molar-refractivity contribution is -0.118. The van der Waals surface area contributed by atoms with E-state index in [4.69, 9.17) is 9.72 Å². The van der Waals surface area contributed by atoms with Gasteiger partial charge in [-0.1, -0.05) is 13.0 Å². The van der Waals surface area contributed by atoms with Crippen LogP contribution < -0.4 is 4.74 Å². The molecule has 6 heteroatoms. The molecule has 0 spiro atoms. The first-order chi connectivity index (χ1) is 14.2. The highest BCUT2D eigenvalue weighted by atomic mass is 16.5. The number of hydrogen-bond acceptors (Lipinski definition) is 6. The van der Waals surface area contributed by atoms with Gasteiger partial charge in [-0.2, -0.15) is 5.06 Å². The number of nitrogens with zero attached hydrogens (tertiary/aromatic N) is 4. The predicted molar refractivity (Wildman–Crippen MR) is 113 cm³/mol. The van der Waals surface area contributed by atoms with Crippen molar-refractivity contribution in [1.82, 2.24) is 19.8 Å². The van der Waals surface area contributed by atoms with Crippen molar-refractivity contribution in [3.63, 3.8) is 0 Å². The van der Waals surface area contributed by atoms with Crippen LogP contribution in [-0.2, 0) is 13.1 Å². The summed E-state index contributed by atoms with van der Waals surface area (Å²) in [6.45, 7) is 8.09. The number of benzene rings is 1. The van der Waals surface area contributed by atoms with Crippen molar-refractivity contribution in [3.8, 4) is 5.75 Å². The first kappa shape index (κ1) is 19.2. The number of hydrogen-bond donors (Lipinski definition) is 1. The van der Waals surface area contributed by atoms with Crippen molar-refractivity contribution in [2.24, 2.45) is 5.92 Å². The van der Waals surface area contributed by atoms with Crippen LogP contribution in [0.3, 0.4) is 0 Å². The summed E-state index contributed by atoms with van der Waals surface area (Å²) >= 11 is 0. The third-order valence-corrected chi connectivity index (χ3v) is 7.00. The van der Waals surface area contributed by atoms with E-state index in [-0.39, 0.29) is 0 Å². The fraction of sp³-hybridized carbons (Fsp3) is 0.609. The Morgan fingerprint density at radius 3 is 2.72 bits per heavy atom. The molecule has 6 nitrogen and oxygen atoms in total. The molecule has 1 aromatic heterocycles. The largest absolute Gasteiger partial charge is 0.475 e. The Kier molecular flexibility index (Phi) is 5.43. The first-order valence-corrected chi connectivity index (χ1v) is 11.1. The molecule has 0 radical (unpaired) electrons. The number of aromatic nitrogens is 1. The van der Waals surface area contributed by atoms with Crippen LogP contribution in [0, 0.1) is 5.92 Å². The van der Waals surface area contributed by atoms with Gasteiger partial charge in [0.2, 0.25) is 0 Å². The topological polar surface area (TPSA) is 52.1 Å². The molecule has 0 bridgehead atoms. The van der Waals surface area contributed by atoms with Gasteiger partial charge in [0.1, 0.15) is 12.2 Å². The van der Waals surface area contributed by atoms with Crippen LogP contribution >= 0.6 is 0 Å². The van der Waals surface area contributed by atoms with Gasteiger partial charge in [-0.25, -0.2) is 0 Å². The molecule has 2 fully saturated rings. The fourth-order valence-electron chi connectivity index (χ4n) is 5.15. The van der Waals surface area contributed by atoms with Crippen molar-refractivity contribution >= 4 is 10.9 Å². The van der Waals surface area contributed by atoms with Gasteiger partial charge in [-0.3, -0.25) is 14.8 Å². The summed E-state index contributed by atoms with van der Waals surface area (Å²) in [5, 5.41) is 12.3. The van der Waals surface area contributed by atoms with Gasteiger partial charge in [0.25, 0.3) is 0 Å². The Morgan fingerprint density at radius 2 is 1.93 bits per heavy atom. The molecule has 0 amide bonds. The lowest BCUT2D eigenvalue weighted by Crippen LogP contribution is -2.44. The smallest absolute Gasteiger partial charge is 0.152 e. The molecule has 156 valence electrons. The normalized spacial score (nSPS) is 27.0. The fourth-order valence-corrected chi connectivity index (χ4v) is 5.15. The van der Waals surface area contributed by atoms with Crippen LogP contribution in [0.15, 0.2) is 24.4 Å². The summed E-state index contributed by atoms with van der Waals surface area (Å²) in [6, 6.07) is 7.17. The minimum absolute atomic E-state index is 0.639. The van der Waals surface area contributed by atoms with E-state index < -0.39 is 0 Å². The molecule has 1 aliphatic carbocycles. The second kappa shape index (κ2) is 8.19. The maximum Gasteiger partial charge on any atom is 0.152 e. The maximum absolute atomic E-state index is 9.67. The molecule has 1 saturated carbocycles. The van der Waals surface area contributed by atoms with E-state index in [1.165, 1.54) is 47.3 Å². The van der Waals surface area contributed by atoms with E-state index in [1.807, 2.05) is 12.3 Å². The molecule has 5 rings (SSSR count). The third-order valence-electron chi connectivity index (χ3n) is 7.00. The molecule has 0 unspecified atom stereocenters. The zero-order chi connectivity index (χ0) is 19.8. The van der Waals surface area contributed by atoms with Gasteiger partial charge >= 0.3 is 0 Å². The summed E-state index contributed by atoms with van der Waals surface area (Å²) in [6.07, 6.45) is 7.09. The molecule has 2 aliphatic heterocycles. The van der Waals surface area contributed by atoms with E-state index in [2.05, 4.69) is 28.9 Å². The van der Waals surface area contributed by atoms with E-state index in [1.54, 1.807) is 0 Å². The first-order valence-electron chi connectivity index (χ1n) is 11.1. The molecule has 2 aromatic rings. The zero-order valence-corrected chi connectivity index (χ0v) is 17.4. The minimum Gasteiger partial charge on any atom is -0.475 e. The van der Waals surface area contributed by atoms with Gasteiger partial charge in [-0.05, 0) is 49.3 Å². The number of rotatable bonds is 3. The Morgan fingerprint density at radius 1 is 1.14 bits per heavy atom. The molecule has 29 heavy (non-hydrogen) atoms. The zero-order valence-electron chi connectivity index (χ0n) is 17.4. The second-order valence-electron chi connectivity index (χ2n) is 9.09. The van der Waals surface area contributed by atoms with E-state index in [9.17, 15) is 5.21 Å². The molecule has 3 aliphatic rings. The van der Waals surface area contributed by atoms with Crippen LogP contribution in [0.1, 0.15) is 43.7 Å². The Balaban J connectivity index is 1.42. The lowest BCUT2D eigenvalue weighted by Gasteiger charge is -2.39. The summed E-state index contributed by atoms with van der Waals surface area (Å²) in [5.41, 5.74) is 3.59. The number of pyridine rings is 1. The van der Waals surface area contributed by atoms with Crippen molar-refractivity contribution in [1.29, 1.82) is 0 Å².